The predicted octanol–water partition coefficient (Wildman–Crippen LogP) is 1.67. The number of likely N-dealkylation sites (N-methyl/N-ethyl adjacent to an activating group) is 1. The quantitative estimate of drug-likeness (QED) is 0.868. The van der Waals surface area contributed by atoms with Gasteiger partial charge in [0.15, 0.2) is 0 Å². The largest absolute Gasteiger partial charge is 0.354 e. The van der Waals surface area contributed by atoms with E-state index in [0.29, 0.717) is 6.54 Å². The second-order valence-corrected chi connectivity index (χ2v) is 6.05. The van der Waals surface area contributed by atoms with E-state index >= 15 is 0 Å². The molecule has 1 aromatic carbocycles. The normalized spacial score (nSPS) is 23.3. The summed E-state index contributed by atoms with van der Waals surface area (Å²) in [5.74, 6) is -0.131. The maximum absolute atomic E-state index is 13.0. The van der Waals surface area contributed by atoms with E-state index in [1.807, 2.05) is 19.0 Å². The third-order valence-corrected chi connectivity index (χ3v) is 4.19. The van der Waals surface area contributed by atoms with E-state index in [9.17, 15) is 9.18 Å². The first-order chi connectivity index (χ1) is 9.97. The van der Waals surface area contributed by atoms with Crippen molar-refractivity contribution < 1.29 is 9.18 Å². The van der Waals surface area contributed by atoms with Gasteiger partial charge in [-0.1, -0.05) is 12.1 Å². The van der Waals surface area contributed by atoms with Crippen LogP contribution in [0.25, 0.3) is 0 Å². The van der Waals surface area contributed by atoms with Gasteiger partial charge in [0.1, 0.15) is 5.82 Å². The molecule has 3 atom stereocenters. The predicted molar refractivity (Wildman–Crippen MR) is 81.2 cm³/mol. The van der Waals surface area contributed by atoms with E-state index < -0.39 is 0 Å². The molecular weight excluding hydrogens is 269 g/mol. The fourth-order valence-corrected chi connectivity index (χ4v) is 2.88. The highest BCUT2D eigenvalue weighted by molar-refractivity contribution is 5.79. The van der Waals surface area contributed by atoms with Gasteiger partial charge in [-0.15, -0.1) is 0 Å². The fraction of sp³-hybridized carbons (Fsp3) is 0.562. The molecule has 3 N–H and O–H groups in total. The van der Waals surface area contributed by atoms with Gasteiger partial charge in [-0.2, -0.15) is 0 Å². The van der Waals surface area contributed by atoms with Gasteiger partial charge in [0, 0.05) is 18.5 Å². The Balaban J connectivity index is 1.94. The first-order valence-electron chi connectivity index (χ1n) is 7.42. The number of amides is 1. The minimum atomic E-state index is -0.250. The number of nitrogens with one attached hydrogen (secondary N) is 1. The van der Waals surface area contributed by atoms with Crippen LogP contribution in [-0.4, -0.2) is 37.5 Å². The van der Waals surface area contributed by atoms with E-state index in [1.54, 1.807) is 12.1 Å². The number of carbonyl (C=O) groups excluding carboxylic acids is 1. The van der Waals surface area contributed by atoms with Crippen LogP contribution in [0, 0.1) is 11.7 Å². The highest BCUT2D eigenvalue weighted by Crippen LogP contribution is 2.24. The average molecular weight is 293 g/mol. The lowest BCUT2D eigenvalue weighted by Gasteiger charge is -2.25. The molecular formula is C16H24FN3O. The van der Waals surface area contributed by atoms with Crippen molar-refractivity contribution in [2.45, 2.75) is 31.3 Å². The molecule has 1 aliphatic carbocycles. The van der Waals surface area contributed by atoms with Crippen molar-refractivity contribution in [1.29, 1.82) is 0 Å². The number of benzene rings is 1. The summed E-state index contributed by atoms with van der Waals surface area (Å²) in [6, 6.07) is 6.61. The zero-order valence-corrected chi connectivity index (χ0v) is 12.7. The second kappa shape index (κ2) is 7.00. The van der Waals surface area contributed by atoms with E-state index in [-0.39, 0.29) is 29.7 Å². The summed E-state index contributed by atoms with van der Waals surface area (Å²) in [7, 11) is 3.90. The first kappa shape index (κ1) is 15.9. The molecule has 0 aromatic heterocycles. The summed E-state index contributed by atoms with van der Waals surface area (Å²) < 4.78 is 13.0. The van der Waals surface area contributed by atoms with Gasteiger partial charge >= 0.3 is 0 Å². The van der Waals surface area contributed by atoms with Crippen LogP contribution in [0.3, 0.4) is 0 Å². The highest BCUT2D eigenvalue weighted by Gasteiger charge is 2.28. The smallest absolute Gasteiger partial charge is 0.223 e. The highest BCUT2D eigenvalue weighted by atomic mass is 19.1. The molecule has 0 radical (unpaired) electrons. The van der Waals surface area contributed by atoms with Crippen molar-refractivity contribution >= 4 is 5.91 Å². The van der Waals surface area contributed by atoms with Gasteiger partial charge in [-0.3, -0.25) is 4.79 Å². The Morgan fingerprint density at radius 3 is 2.57 bits per heavy atom. The number of hydrogen-bond donors (Lipinski definition) is 2. The van der Waals surface area contributed by atoms with Gasteiger partial charge in [0.05, 0.1) is 6.04 Å². The zero-order valence-electron chi connectivity index (χ0n) is 12.7. The maximum Gasteiger partial charge on any atom is 0.223 e. The number of hydrogen-bond acceptors (Lipinski definition) is 3. The van der Waals surface area contributed by atoms with Gasteiger partial charge < -0.3 is 16.0 Å². The van der Waals surface area contributed by atoms with Crippen LogP contribution >= 0.6 is 0 Å². The van der Waals surface area contributed by atoms with Crippen LogP contribution < -0.4 is 11.1 Å². The van der Waals surface area contributed by atoms with Gasteiger partial charge in [-0.25, -0.2) is 4.39 Å². The van der Waals surface area contributed by atoms with E-state index in [1.165, 1.54) is 12.1 Å². The Hall–Kier alpha value is -1.46. The van der Waals surface area contributed by atoms with Crippen LogP contribution in [0.1, 0.15) is 30.9 Å². The summed E-state index contributed by atoms with van der Waals surface area (Å²) in [4.78, 5) is 14.2. The molecule has 5 heteroatoms. The van der Waals surface area contributed by atoms with Crippen LogP contribution in [0.5, 0.6) is 0 Å². The summed E-state index contributed by atoms with van der Waals surface area (Å²) in [5.41, 5.74) is 6.84. The van der Waals surface area contributed by atoms with Crippen molar-refractivity contribution in [2.24, 2.45) is 11.7 Å². The molecule has 0 aliphatic heterocycles. The Bertz CT molecular complexity index is 475. The molecule has 3 unspecified atom stereocenters. The molecule has 1 saturated carbocycles. The Labute approximate surface area is 125 Å². The number of nitrogens with zero attached hydrogens (tertiary/aromatic N) is 1. The maximum atomic E-state index is 13.0. The van der Waals surface area contributed by atoms with Crippen molar-refractivity contribution in [3.05, 3.63) is 35.6 Å². The second-order valence-electron chi connectivity index (χ2n) is 6.05. The van der Waals surface area contributed by atoms with E-state index in [0.717, 1.165) is 24.8 Å². The third kappa shape index (κ3) is 4.25. The van der Waals surface area contributed by atoms with Gasteiger partial charge in [0.25, 0.3) is 0 Å². The standard InChI is InChI=1S/C16H24FN3O/c1-20(2)15(11-3-6-13(17)7-4-11)10-19-16(21)12-5-8-14(18)9-12/h3-4,6-7,12,14-15H,5,8-10,18H2,1-2H3,(H,19,21). The minimum Gasteiger partial charge on any atom is -0.354 e. The lowest BCUT2D eigenvalue weighted by Crippen LogP contribution is -2.37. The Kier molecular flexibility index (Phi) is 5.31. The molecule has 2 rings (SSSR count). The van der Waals surface area contributed by atoms with E-state index in [4.69, 9.17) is 5.73 Å². The molecule has 4 nitrogen and oxygen atoms in total. The molecule has 1 amide bonds. The van der Waals surface area contributed by atoms with Crippen molar-refractivity contribution in [3.63, 3.8) is 0 Å². The van der Waals surface area contributed by atoms with Crippen LogP contribution in [-0.2, 0) is 4.79 Å². The number of rotatable bonds is 5. The topological polar surface area (TPSA) is 58.4 Å². The lowest BCUT2D eigenvalue weighted by atomic mass is 10.0. The molecule has 1 aliphatic rings. The molecule has 0 saturated heterocycles. The SMILES string of the molecule is CN(C)C(CNC(=O)C1CCC(N)C1)c1ccc(F)cc1. The van der Waals surface area contributed by atoms with Crippen LogP contribution in [0.4, 0.5) is 4.39 Å². The molecule has 21 heavy (non-hydrogen) atoms. The van der Waals surface area contributed by atoms with Gasteiger partial charge in [0.2, 0.25) is 5.91 Å². The Morgan fingerprint density at radius 2 is 2.05 bits per heavy atom. The van der Waals surface area contributed by atoms with Crippen molar-refractivity contribution in [3.8, 4) is 0 Å². The summed E-state index contributed by atoms with van der Waals surface area (Å²) in [6.45, 7) is 0.517. The van der Waals surface area contributed by atoms with Crippen LogP contribution in [0.15, 0.2) is 24.3 Å². The molecule has 0 bridgehead atoms. The number of nitrogens with two attached hydrogens (primary N) is 1. The summed E-state index contributed by atoms with van der Waals surface area (Å²) >= 11 is 0. The van der Waals surface area contributed by atoms with E-state index in [2.05, 4.69) is 5.32 Å². The summed E-state index contributed by atoms with van der Waals surface area (Å²) in [5, 5.41) is 3.01. The summed E-state index contributed by atoms with van der Waals surface area (Å²) in [6.07, 6.45) is 2.57. The molecule has 0 spiro atoms. The van der Waals surface area contributed by atoms with Crippen molar-refractivity contribution in [2.75, 3.05) is 20.6 Å². The molecule has 1 aromatic rings. The minimum absolute atomic E-state index is 0.0321. The average Bonchev–Trinajstić information content (AvgIpc) is 2.87. The molecule has 1 fully saturated rings. The van der Waals surface area contributed by atoms with Crippen molar-refractivity contribution in [1.82, 2.24) is 10.2 Å². The Morgan fingerprint density at radius 1 is 1.38 bits per heavy atom. The van der Waals surface area contributed by atoms with Crippen LogP contribution in [0.2, 0.25) is 0 Å². The third-order valence-electron chi connectivity index (χ3n) is 4.19. The first-order valence-corrected chi connectivity index (χ1v) is 7.42. The van der Waals surface area contributed by atoms with Gasteiger partial charge in [-0.05, 0) is 51.1 Å². The number of halogens is 1. The molecule has 0 heterocycles. The molecule has 116 valence electrons. The monoisotopic (exact) mass is 293 g/mol. The fourth-order valence-electron chi connectivity index (χ4n) is 2.88. The lowest BCUT2D eigenvalue weighted by molar-refractivity contribution is -0.125. The number of carbonyl (C=O) groups is 1. The zero-order chi connectivity index (χ0) is 15.4.